The van der Waals surface area contributed by atoms with Gasteiger partial charge in [-0.3, -0.25) is 4.79 Å². The Morgan fingerprint density at radius 3 is 2.91 bits per heavy atom. The van der Waals surface area contributed by atoms with Crippen LogP contribution >= 0.6 is 11.3 Å². The van der Waals surface area contributed by atoms with E-state index in [9.17, 15) is 9.59 Å². The first-order chi connectivity index (χ1) is 11.1. The number of carbonyl (C=O) groups is 2. The lowest BCUT2D eigenvalue weighted by molar-refractivity contribution is -0.143. The van der Waals surface area contributed by atoms with Gasteiger partial charge in [0, 0.05) is 22.7 Å². The van der Waals surface area contributed by atoms with Crippen LogP contribution in [0.1, 0.15) is 17.4 Å². The molecule has 2 aromatic rings. The van der Waals surface area contributed by atoms with E-state index < -0.39 is 5.97 Å². The molecule has 0 saturated carbocycles. The number of rotatable bonds is 4. The summed E-state index contributed by atoms with van der Waals surface area (Å²) in [6.07, 6.45) is 3.86. The molecule has 1 aromatic heterocycles. The van der Waals surface area contributed by atoms with E-state index in [1.54, 1.807) is 11.0 Å². The highest BCUT2D eigenvalue weighted by Gasteiger charge is 2.30. The van der Waals surface area contributed by atoms with Crippen molar-refractivity contribution in [2.45, 2.75) is 19.4 Å². The van der Waals surface area contributed by atoms with Gasteiger partial charge in [-0.1, -0.05) is 24.3 Å². The molecule has 1 unspecified atom stereocenters. The summed E-state index contributed by atoms with van der Waals surface area (Å²) in [5.41, 5.74) is 2.06. The van der Waals surface area contributed by atoms with Crippen molar-refractivity contribution in [2.24, 2.45) is 0 Å². The van der Waals surface area contributed by atoms with Gasteiger partial charge in [-0.15, -0.1) is 11.3 Å². The van der Waals surface area contributed by atoms with Crippen LogP contribution in [0, 0.1) is 0 Å². The van der Waals surface area contributed by atoms with Gasteiger partial charge in [0.25, 0.3) is 5.91 Å². The molecule has 0 aliphatic carbocycles. The third kappa shape index (κ3) is 3.51. The van der Waals surface area contributed by atoms with Gasteiger partial charge in [-0.2, -0.15) is 0 Å². The highest BCUT2D eigenvalue weighted by molar-refractivity contribution is 7.10. The predicted octanol–water partition coefficient (Wildman–Crippen LogP) is 3.28. The van der Waals surface area contributed by atoms with Crippen molar-refractivity contribution in [3.05, 3.63) is 58.3 Å². The summed E-state index contributed by atoms with van der Waals surface area (Å²) >= 11 is 1.53. The molecule has 5 heteroatoms. The fourth-order valence-corrected chi connectivity index (χ4v) is 3.35. The van der Waals surface area contributed by atoms with E-state index >= 15 is 0 Å². The highest BCUT2D eigenvalue weighted by atomic mass is 32.1. The lowest BCUT2D eigenvalue weighted by atomic mass is 10.1. The Morgan fingerprint density at radius 2 is 2.13 bits per heavy atom. The molecule has 1 aromatic carbocycles. The quantitative estimate of drug-likeness (QED) is 0.639. The molecule has 0 radical (unpaired) electrons. The Kier molecular flexibility index (Phi) is 4.57. The molecular formula is C18H17NO3S. The van der Waals surface area contributed by atoms with Crippen molar-refractivity contribution in [2.75, 3.05) is 11.5 Å². The van der Waals surface area contributed by atoms with Gasteiger partial charge < -0.3 is 9.64 Å². The van der Waals surface area contributed by atoms with Crippen LogP contribution in [-0.4, -0.2) is 24.5 Å². The Labute approximate surface area is 139 Å². The van der Waals surface area contributed by atoms with Crippen LogP contribution in [0.25, 0.3) is 6.08 Å². The topological polar surface area (TPSA) is 46.6 Å². The average Bonchev–Trinajstić information content (AvgIpc) is 3.17. The lowest BCUT2D eigenvalue weighted by Gasteiger charge is -2.22. The van der Waals surface area contributed by atoms with Gasteiger partial charge >= 0.3 is 5.97 Å². The first kappa shape index (κ1) is 15.5. The lowest BCUT2D eigenvalue weighted by Crippen LogP contribution is -2.38. The molecular weight excluding hydrogens is 310 g/mol. The molecule has 0 N–H and O–H groups in total. The summed E-state index contributed by atoms with van der Waals surface area (Å²) in [5, 5.41) is 1.93. The molecule has 4 nitrogen and oxygen atoms in total. The zero-order valence-electron chi connectivity index (χ0n) is 12.8. The summed E-state index contributed by atoms with van der Waals surface area (Å²) in [5.74, 6) is -0.702. The first-order valence-corrected chi connectivity index (χ1v) is 8.31. The number of nitrogens with zero attached hydrogens (tertiary/aromatic N) is 1. The van der Waals surface area contributed by atoms with Gasteiger partial charge in [0.2, 0.25) is 0 Å². The van der Waals surface area contributed by atoms with Crippen molar-refractivity contribution < 1.29 is 14.3 Å². The Balaban J connectivity index is 1.58. The smallest absolute Gasteiger partial charge is 0.331 e. The van der Waals surface area contributed by atoms with E-state index in [1.165, 1.54) is 17.4 Å². The second kappa shape index (κ2) is 6.79. The number of ether oxygens (including phenoxy) is 1. The third-order valence-electron chi connectivity index (χ3n) is 3.74. The average molecular weight is 327 g/mol. The van der Waals surface area contributed by atoms with E-state index in [2.05, 4.69) is 0 Å². The number of fused-ring (bicyclic) bond motifs is 1. The standard InChI is InChI=1S/C18H17NO3S/c1-13-11-14-5-2-3-7-16(14)19(13)17(20)12-22-18(21)9-8-15-6-4-10-23-15/h2-10,13H,11-12H2,1H3/b9-8+. The second-order valence-corrected chi connectivity index (χ2v) is 6.38. The SMILES string of the molecule is CC1Cc2ccccc2N1C(=O)COC(=O)/C=C/c1cccs1. The molecule has 118 valence electrons. The molecule has 3 rings (SSSR count). The van der Waals surface area contributed by atoms with Crippen LogP contribution < -0.4 is 4.90 Å². The molecule has 1 amide bonds. The largest absolute Gasteiger partial charge is 0.452 e. The minimum absolute atomic E-state index is 0.0836. The number of para-hydroxylation sites is 1. The number of anilines is 1. The van der Waals surface area contributed by atoms with Crippen LogP contribution in [-0.2, 0) is 20.7 Å². The van der Waals surface area contributed by atoms with Crippen molar-refractivity contribution in [1.82, 2.24) is 0 Å². The van der Waals surface area contributed by atoms with Gasteiger partial charge in [0.15, 0.2) is 6.61 Å². The number of esters is 1. The number of amides is 1. The number of carbonyl (C=O) groups excluding carboxylic acids is 2. The summed E-state index contributed by atoms with van der Waals surface area (Å²) in [6, 6.07) is 11.7. The summed E-state index contributed by atoms with van der Waals surface area (Å²) in [7, 11) is 0. The first-order valence-electron chi connectivity index (χ1n) is 7.43. The summed E-state index contributed by atoms with van der Waals surface area (Å²) < 4.78 is 5.07. The minimum atomic E-state index is -0.508. The maximum atomic E-state index is 12.4. The minimum Gasteiger partial charge on any atom is -0.452 e. The van der Waals surface area contributed by atoms with Crippen molar-refractivity contribution in [1.29, 1.82) is 0 Å². The highest BCUT2D eigenvalue weighted by Crippen LogP contribution is 2.31. The van der Waals surface area contributed by atoms with Gasteiger partial charge in [-0.05, 0) is 42.5 Å². The zero-order chi connectivity index (χ0) is 16.2. The summed E-state index contributed by atoms with van der Waals surface area (Å²) in [4.78, 5) is 26.8. The number of hydrogen-bond acceptors (Lipinski definition) is 4. The predicted molar refractivity (Wildman–Crippen MR) is 91.4 cm³/mol. The van der Waals surface area contributed by atoms with E-state index in [0.29, 0.717) is 0 Å². The molecule has 2 heterocycles. The van der Waals surface area contributed by atoms with Crippen LogP contribution in [0.5, 0.6) is 0 Å². The van der Waals surface area contributed by atoms with Crippen molar-refractivity contribution >= 4 is 35.0 Å². The van der Waals surface area contributed by atoms with E-state index in [0.717, 1.165) is 22.5 Å². The number of benzene rings is 1. The third-order valence-corrected chi connectivity index (χ3v) is 4.58. The van der Waals surface area contributed by atoms with E-state index in [1.807, 2.05) is 48.7 Å². The fourth-order valence-electron chi connectivity index (χ4n) is 2.73. The second-order valence-electron chi connectivity index (χ2n) is 5.40. The van der Waals surface area contributed by atoms with Crippen molar-refractivity contribution in [3.8, 4) is 0 Å². The van der Waals surface area contributed by atoms with E-state index in [4.69, 9.17) is 4.74 Å². The molecule has 0 saturated heterocycles. The van der Waals surface area contributed by atoms with Crippen LogP contribution in [0.15, 0.2) is 47.9 Å². The molecule has 1 atom stereocenters. The number of thiophene rings is 1. The summed E-state index contributed by atoms with van der Waals surface area (Å²) in [6.45, 7) is 1.75. The normalized spacial score (nSPS) is 16.6. The Hall–Kier alpha value is -2.40. The Morgan fingerprint density at radius 1 is 1.30 bits per heavy atom. The van der Waals surface area contributed by atoms with Gasteiger partial charge in [0.1, 0.15) is 0 Å². The maximum Gasteiger partial charge on any atom is 0.331 e. The monoisotopic (exact) mass is 327 g/mol. The fraction of sp³-hybridized carbons (Fsp3) is 0.222. The number of hydrogen-bond donors (Lipinski definition) is 0. The molecule has 0 bridgehead atoms. The van der Waals surface area contributed by atoms with Gasteiger partial charge in [-0.25, -0.2) is 4.79 Å². The molecule has 0 fully saturated rings. The molecule has 23 heavy (non-hydrogen) atoms. The zero-order valence-corrected chi connectivity index (χ0v) is 13.6. The van der Waals surface area contributed by atoms with Gasteiger partial charge in [0.05, 0.1) is 0 Å². The maximum absolute atomic E-state index is 12.4. The van der Waals surface area contributed by atoms with Crippen LogP contribution in [0.2, 0.25) is 0 Å². The Bertz CT molecular complexity index is 736. The molecule has 0 spiro atoms. The molecule has 1 aliphatic rings. The van der Waals surface area contributed by atoms with Crippen molar-refractivity contribution in [3.63, 3.8) is 0 Å². The van der Waals surface area contributed by atoms with E-state index in [-0.39, 0.29) is 18.6 Å². The van der Waals surface area contributed by atoms with Crippen LogP contribution in [0.4, 0.5) is 5.69 Å². The molecule has 1 aliphatic heterocycles. The van der Waals surface area contributed by atoms with Crippen LogP contribution in [0.3, 0.4) is 0 Å².